The van der Waals surface area contributed by atoms with Crippen molar-refractivity contribution < 1.29 is 9.53 Å². The van der Waals surface area contributed by atoms with Gasteiger partial charge in [-0.1, -0.05) is 49.7 Å². The van der Waals surface area contributed by atoms with Crippen molar-refractivity contribution in [3.63, 3.8) is 0 Å². The van der Waals surface area contributed by atoms with Gasteiger partial charge in [0.25, 0.3) is 0 Å². The van der Waals surface area contributed by atoms with E-state index >= 15 is 0 Å². The van der Waals surface area contributed by atoms with Gasteiger partial charge in [0, 0.05) is 6.54 Å². The number of benzene rings is 2. The molecule has 2 N–H and O–H groups in total. The van der Waals surface area contributed by atoms with E-state index in [4.69, 9.17) is 4.74 Å². The van der Waals surface area contributed by atoms with Gasteiger partial charge in [-0.15, -0.1) is 0 Å². The molecule has 2 amide bonds. The van der Waals surface area contributed by atoms with Crippen LogP contribution in [0.25, 0.3) is 0 Å². The summed E-state index contributed by atoms with van der Waals surface area (Å²) in [4.78, 5) is 11.8. The van der Waals surface area contributed by atoms with E-state index in [0.29, 0.717) is 6.54 Å². The van der Waals surface area contributed by atoms with Crippen LogP contribution in [0.15, 0.2) is 48.5 Å². The van der Waals surface area contributed by atoms with Gasteiger partial charge in [0.15, 0.2) is 6.73 Å². The standard InChI is InChI=1S/C19H24N2O2/c1-3-6-16-9-11-18(12-10-16)23-14-21-19(22)20-13-17-8-5-4-7-15(17)2/h4-5,7-12H,3,6,13-14H2,1-2H3,(H2,20,21,22). The summed E-state index contributed by atoms with van der Waals surface area (Å²) in [6.07, 6.45) is 2.20. The Balaban J connectivity index is 1.69. The van der Waals surface area contributed by atoms with Crippen molar-refractivity contribution in [2.75, 3.05) is 6.73 Å². The van der Waals surface area contributed by atoms with Crippen LogP contribution < -0.4 is 15.4 Å². The number of ether oxygens (including phenoxy) is 1. The molecule has 0 aromatic heterocycles. The van der Waals surface area contributed by atoms with Crippen molar-refractivity contribution in [3.8, 4) is 5.75 Å². The van der Waals surface area contributed by atoms with Crippen molar-refractivity contribution in [1.82, 2.24) is 10.6 Å². The summed E-state index contributed by atoms with van der Waals surface area (Å²) >= 11 is 0. The predicted molar refractivity (Wildman–Crippen MR) is 92.5 cm³/mol. The number of hydrogen-bond acceptors (Lipinski definition) is 2. The molecule has 0 saturated carbocycles. The van der Waals surface area contributed by atoms with Gasteiger partial charge in [-0.2, -0.15) is 0 Å². The van der Waals surface area contributed by atoms with Crippen molar-refractivity contribution in [2.45, 2.75) is 33.2 Å². The van der Waals surface area contributed by atoms with Crippen molar-refractivity contribution >= 4 is 6.03 Å². The number of amides is 2. The van der Waals surface area contributed by atoms with E-state index in [1.54, 1.807) is 0 Å². The Bertz CT molecular complexity index is 624. The number of nitrogens with one attached hydrogen (secondary N) is 2. The summed E-state index contributed by atoms with van der Waals surface area (Å²) in [5, 5.41) is 5.51. The van der Waals surface area contributed by atoms with E-state index < -0.39 is 0 Å². The molecule has 0 aliphatic rings. The second-order valence-electron chi connectivity index (χ2n) is 5.47. The summed E-state index contributed by atoms with van der Waals surface area (Å²) in [6, 6.07) is 15.7. The van der Waals surface area contributed by atoms with Gasteiger partial charge < -0.3 is 15.4 Å². The summed E-state index contributed by atoms with van der Waals surface area (Å²) in [5.74, 6) is 0.754. The first-order valence-corrected chi connectivity index (χ1v) is 7.97. The average molecular weight is 312 g/mol. The largest absolute Gasteiger partial charge is 0.473 e. The summed E-state index contributed by atoms with van der Waals surface area (Å²) < 4.78 is 5.51. The maximum Gasteiger partial charge on any atom is 0.317 e. The van der Waals surface area contributed by atoms with Gasteiger partial charge in [-0.05, 0) is 42.2 Å². The number of aryl methyl sites for hydroxylation is 2. The number of carbonyl (C=O) groups excluding carboxylic acids is 1. The zero-order valence-corrected chi connectivity index (χ0v) is 13.8. The maximum atomic E-state index is 11.8. The number of carbonyl (C=O) groups is 1. The normalized spacial score (nSPS) is 10.2. The molecular weight excluding hydrogens is 288 g/mol. The number of urea groups is 1. The lowest BCUT2D eigenvalue weighted by Crippen LogP contribution is -2.37. The average Bonchev–Trinajstić information content (AvgIpc) is 2.56. The van der Waals surface area contributed by atoms with Crippen LogP contribution >= 0.6 is 0 Å². The predicted octanol–water partition coefficient (Wildman–Crippen LogP) is 3.78. The molecule has 4 heteroatoms. The minimum absolute atomic E-state index is 0.146. The molecule has 2 aromatic carbocycles. The second-order valence-corrected chi connectivity index (χ2v) is 5.47. The number of rotatable bonds is 7. The topological polar surface area (TPSA) is 50.4 Å². The molecule has 0 heterocycles. The van der Waals surface area contributed by atoms with Crippen molar-refractivity contribution in [1.29, 1.82) is 0 Å². The van der Waals surface area contributed by atoms with E-state index in [1.807, 2.05) is 43.3 Å². The SMILES string of the molecule is CCCc1ccc(OCNC(=O)NCc2ccccc2C)cc1. The third-order valence-electron chi connectivity index (χ3n) is 3.63. The molecule has 0 aliphatic carbocycles. The molecule has 0 bridgehead atoms. The van der Waals surface area contributed by atoms with E-state index in [-0.39, 0.29) is 12.8 Å². The van der Waals surface area contributed by atoms with Crippen LogP contribution in [0, 0.1) is 6.92 Å². The van der Waals surface area contributed by atoms with Gasteiger partial charge in [0.1, 0.15) is 5.75 Å². The van der Waals surface area contributed by atoms with Gasteiger partial charge >= 0.3 is 6.03 Å². The van der Waals surface area contributed by atoms with Gasteiger partial charge in [0.2, 0.25) is 0 Å². The van der Waals surface area contributed by atoms with E-state index in [1.165, 1.54) is 5.56 Å². The molecule has 4 nitrogen and oxygen atoms in total. The van der Waals surface area contributed by atoms with Crippen LogP contribution in [0.3, 0.4) is 0 Å². The van der Waals surface area contributed by atoms with Gasteiger partial charge in [-0.3, -0.25) is 0 Å². The minimum atomic E-state index is -0.240. The molecule has 2 rings (SSSR count). The Morgan fingerprint density at radius 1 is 1.04 bits per heavy atom. The Labute approximate surface area is 137 Å². The minimum Gasteiger partial charge on any atom is -0.473 e. The van der Waals surface area contributed by atoms with Crippen LogP contribution in [0.5, 0.6) is 5.75 Å². The van der Waals surface area contributed by atoms with E-state index in [0.717, 1.165) is 29.7 Å². The van der Waals surface area contributed by atoms with Crippen LogP contribution in [0.1, 0.15) is 30.0 Å². The molecule has 0 spiro atoms. The summed E-state index contributed by atoms with van der Waals surface area (Å²) in [6.45, 7) is 4.83. The summed E-state index contributed by atoms with van der Waals surface area (Å²) in [5.41, 5.74) is 3.56. The third-order valence-corrected chi connectivity index (χ3v) is 3.63. The van der Waals surface area contributed by atoms with Gasteiger partial charge in [-0.25, -0.2) is 4.79 Å². The van der Waals surface area contributed by atoms with Gasteiger partial charge in [0.05, 0.1) is 0 Å². The molecule has 2 aromatic rings. The highest BCUT2D eigenvalue weighted by molar-refractivity contribution is 5.73. The molecule has 122 valence electrons. The Morgan fingerprint density at radius 3 is 2.48 bits per heavy atom. The monoisotopic (exact) mass is 312 g/mol. The van der Waals surface area contributed by atoms with Crippen LogP contribution in [-0.4, -0.2) is 12.8 Å². The first kappa shape index (κ1) is 16.9. The Kier molecular flexibility index (Phi) is 6.48. The van der Waals surface area contributed by atoms with E-state index in [9.17, 15) is 4.79 Å². The number of hydrogen-bond donors (Lipinski definition) is 2. The Hall–Kier alpha value is -2.49. The quantitative estimate of drug-likeness (QED) is 0.764. The maximum absolute atomic E-state index is 11.8. The molecule has 0 atom stereocenters. The molecule has 23 heavy (non-hydrogen) atoms. The van der Waals surface area contributed by atoms with E-state index in [2.05, 4.69) is 29.7 Å². The lowest BCUT2D eigenvalue weighted by Gasteiger charge is -2.11. The molecule has 0 aliphatic heterocycles. The van der Waals surface area contributed by atoms with Crippen LogP contribution in [0.4, 0.5) is 4.79 Å². The van der Waals surface area contributed by atoms with Crippen LogP contribution in [0.2, 0.25) is 0 Å². The fraction of sp³-hybridized carbons (Fsp3) is 0.316. The zero-order chi connectivity index (χ0) is 16.5. The van der Waals surface area contributed by atoms with Crippen LogP contribution in [-0.2, 0) is 13.0 Å². The fourth-order valence-electron chi connectivity index (χ4n) is 2.27. The third kappa shape index (κ3) is 5.66. The lowest BCUT2D eigenvalue weighted by molar-refractivity contribution is 0.223. The lowest BCUT2D eigenvalue weighted by atomic mass is 10.1. The zero-order valence-electron chi connectivity index (χ0n) is 13.8. The van der Waals surface area contributed by atoms with Crippen molar-refractivity contribution in [2.24, 2.45) is 0 Å². The molecule has 0 fully saturated rings. The molecule has 0 unspecified atom stereocenters. The molecule has 0 saturated heterocycles. The smallest absolute Gasteiger partial charge is 0.317 e. The van der Waals surface area contributed by atoms with Crippen molar-refractivity contribution in [3.05, 3.63) is 65.2 Å². The Morgan fingerprint density at radius 2 is 1.78 bits per heavy atom. The molecule has 0 radical (unpaired) electrons. The highest BCUT2D eigenvalue weighted by atomic mass is 16.5. The highest BCUT2D eigenvalue weighted by Gasteiger charge is 2.02. The first-order chi connectivity index (χ1) is 11.2. The second kappa shape index (κ2) is 8.83. The first-order valence-electron chi connectivity index (χ1n) is 7.97. The fourth-order valence-corrected chi connectivity index (χ4v) is 2.27. The highest BCUT2D eigenvalue weighted by Crippen LogP contribution is 2.12. The summed E-state index contributed by atoms with van der Waals surface area (Å²) in [7, 11) is 0. The molecular formula is C19H24N2O2.